The minimum atomic E-state index is 0.561. The van der Waals surface area contributed by atoms with Gasteiger partial charge in [-0.1, -0.05) is 29.9 Å². The van der Waals surface area contributed by atoms with Gasteiger partial charge in [0.1, 0.15) is 0 Å². The molecule has 0 aliphatic carbocycles. The predicted octanol–water partition coefficient (Wildman–Crippen LogP) is 2.68. The fourth-order valence-electron chi connectivity index (χ4n) is 1.01. The van der Waals surface area contributed by atoms with Gasteiger partial charge in [-0.3, -0.25) is 0 Å². The van der Waals surface area contributed by atoms with Crippen LogP contribution in [0.3, 0.4) is 0 Å². The summed E-state index contributed by atoms with van der Waals surface area (Å²) in [5, 5.41) is 0. The van der Waals surface area contributed by atoms with E-state index in [4.69, 9.17) is 18.0 Å². The van der Waals surface area contributed by atoms with Crippen molar-refractivity contribution in [3.8, 4) is 0 Å². The number of hydrogen-bond donors (Lipinski definition) is 1. The van der Waals surface area contributed by atoms with E-state index in [9.17, 15) is 0 Å². The first-order valence-corrected chi connectivity index (χ1v) is 5.47. The van der Waals surface area contributed by atoms with Gasteiger partial charge in [0.25, 0.3) is 0 Å². The quantitative estimate of drug-likeness (QED) is 0.615. The first-order chi connectivity index (χ1) is 6.09. The van der Waals surface area contributed by atoms with Gasteiger partial charge in [-0.05, 0) is 25.5 Å². The van der Waals surface area contributed by atoms with E-state index < -0.39 is 0 Å². The van der Waals surface area contributed by atoms with Gasteiger partial charge in [0.05, 0.1) is 4.99 Å². The Labute approximate surface area is 88.7 Å². The lowest BCUT2D eigenvalue weighted by Gasteiger charge is -2.05. The highest BCUT2D eigenvalue weighted by molar-refractivity contribution is 8.01. The van der Waals surface area contributed by atoms with Gasteiger partial charge in [0.15, 0.2) is 0 Å². The molecular formula is C10H13NS2. The number of thiocarbonyl (C=S) groups is 1. The van der Waals surface area contributed by atoms with Crippen molar-refractivity contribution in [2.75, 3.05) is 5.75 Å². The Bertz CT molecular complexity index is 321. The maximum Gasteiger partial charge on any atom is 0.0831 e. The zero-order chi connectivity index (χ0) is 9.84. The van der Waals surface area contributed by atoms with Crippen LogP contribution < -0.4 is 5.73 Å². The number of benzene rings is 1. The molecule has 0 spiro atoms. The van der Waals surface area contributed by atoms with Gasteiger partial charge < -0.3 is 5.73 Å². The van der Waals surface area contributed by atoms with Gasteiger partial charge in [0, 0.05) is 10.6 Å². The summed E-state index contributed by atoms with van der Waals surface area (Å²) < 4.78 is 0. The van der Waals surface area contributed by atoms with Crippen LogP contribution >= 0.6 is 24.0 Å². The third-order valence-corrected chi connectivity index (χ3v) is 3.25. The molecule has 0 aliphatic rings. The minimum absolute atomic E-state index is 0.561. The predicted molar refractivity (Wildman–Crippen MR) is 63.4 cm³/mol. The molecule has 0 saturated heterocycles. The molecule has 0 atom stereocenters. The molecule has 1 nitrogen and oxygen atoms in total. The molecule has 0 heterocycles. The van der Waals surface area contributed by atoms with E-state index >= 15 is 0 Å². The van der Waals surface area contributed by atoms with Crippen LogP contribution in [0.4, 0.5) is 0 Å². The number of thioether (sulfide) groups is 1. The molecule has 0 radical (unpaired) electrons. The van der Waals surface area contributed by atoms with Crippen molar-refractivity contribution in [1.82, 2.24) is 0 Å². The second-order valence-corrected chi connectivity index (χ2v) is 4.57. The summed E-state index contributed by atoms with van der Waals surface area (Å²) >= 11 is 6.53. The highest BCUT2D eigenvalue weighted by Crippen LogP contribution is 2.23. The largest absolute Gasteiger partial charge is 0.393 e. The minimum Gasteiger partial charge on any atom is -0.393 e. The third-order valence-electron chi connectivity index (χ3n) is 1.71. The van der Waals surface area contributed by atoms with Gasteiger partial charge in [0.2, 0.25) is 0 Å². The van der Waals surface area contributed by atoms with Crippen molar-refractivity contribution in [3.05, 3.63) is 29.3 Å². The SMILES string of the molecule is Cc1ccc(C)c(SCC(N)=S)c1. The van der Waals surface area contributed by atoms with E-state index in [0.29, 0.717) is 4.99 Å². The van der Waals surface area contributed by atoms with Crippen LogP contribution in [0.15, 0.2) is 23.1 Å². The fourth-order valence-corrected chi connectivity index (χ4v) is 2.05. The summed E-state index contributed by atoms with van der Waals surface area (Å²) in [5.74, 6) is 0.722. The van der Waals surface area contributed by atoms with E-state index in [2.05, 4.69) is 32.0 Å². The number of rotatable bonds is 3. The molecule has 0 amide bonds. The maximum atomic E-state index is 5.44. The summed E-state index contributed by atoms with van der Waals surface area (Å²) in [5.41, 5.74) is 8.00. The van der Waals surface area contributed by atoms with Crippen molar-refractivity contribution >= 4 is 29.0 Å². The smallest absolute Gasteiger partial charge is 0.0831 e. The average Bonchev–Trinajstić information content (AvgIpc) is 2.06. The Morgan fingerprint density at radius 3 is 2.77 bits per heavy atom. The molecule has 3 heteroatoms. The molecule has 0 aliphatic heterocycles. The molecule has 0 fully saturated rings. The van der Waals surface area contributed by atoms with Crippen LogP contribution in [-0.2, 0) is 0 Å². The van der Waals surface area contributed by atoms with Crippen LogP contribution in [0.2, 0.25) is 0 Å². The highest BCUT2D eigenvalue weighted by atomic mass is 32.2. The maximum absolute atomic E-state index is 5.44. The fraction of sp³-hybridized carbons (Fsp3) is 0.300. The number of hydrogen-bond acceptors (Lipinski definition) is 2. The molecule has 1 aromatic rings. The number of nitrogens with two attached hydrogens (primary N) is 1. The summed E-state index contributed by atoms with van der Waals surface area (Å²) in [6.45, 7) is 4.19. The summed E-state index contributed by atoms with van der Waals surface area (Å²) in [6, 6.07) is 6.40. The Morgan fingerprint density at radius 2 is 2.15 bits per heavy atom. The Hall–Kier alpha value is -0.540. The molecule has 0 saturated carbocycles. The molecule has 2 N–H and O–H groups in total. The van der Waals surface area contributed by atoms with Crippen molar-refractivity contribution < 1.29 is 0 Å². The zero-order valence-corrected chi connectivity index (χ0v) is 9.47. The number of aryl methyl sites for hydroxylation is 2. The molecule has 0 bridgehead atoms. The lowest BCUT2D eigenvalue weighted by molar-refractivity contribution is 1.26. The second kappa shape index (κ2) is 4.63. The van der Waals surface area contributed by atoms with E-state index in [0.717, 1.165) is 5.75 Å². The first kappa shape index (κ1) is 10.5. The van der Waals surface area contributed by atoms with E-state index in [-0.39, 0.29) is 0 Å². The average molecular weight is 211 g/mol. The molecular weight excluding hydrogens is 198 g/mol. The van der Waals surface area contributed by atoms with Gasteiger partial charge >= 0.3 is 0 Å². The van der Waals surface area contributed by atoms with E-state index in [1.165, 1.54) is 16.0 Å². The van der Waals surface area contributed by atoms with Crippen LogP contribution in [0.5, 0.6) is 0 Å². The highest BCUT2D eigenvalue weighted by Gasteiger charge is 1.99. The van der Waals surface area contributed by atoms with Gasteiger partial charge in [-0.15, -0.1) is 11.8 Å². The van der Waals surface area contributed by atoms with Crippen molar-refractivity contribution in [3.63, 3.8) is 0 Å². The van der Waals surface area contributed by atoms with Crippen LogP contribution in [0.25, 0.3) is 0 Å². The van der Waals surface area contributed by atoms with Crippen molar-refractivity contribution in [2.45, 2.75) is 18.7 Å². The topological polar surface area (TPSA) is 26.0 Å². The third kappa shape index (κ3) is 3.36. The standard InChI is InChI=1S/C10H13NS2/c1-7-3-4-8(2)9(5-7)13-6-10(11)12/h3-5H,6H2,1-2H3,(H2,11,12). The normalized spacial score (nSPS) is 10.0. The Morgan fingerprint density at radius 1 is 1.46 bits per heavy atom. The van der Waals surface area contributed by atoms with Crippen LogP contribution in [0.1, 0.15) is 11.1 Å². The lowest BCUT2D eigenvalue weighted by atomic mass is 10.2. The summed E-state index contributed by atoms with van der Waals surface area (Å²) in [7, 11) is 0. The zero-order valence-electron chi connectivity index (χ0n) is 7.83. The van der Waals surface area contributed by atoms with Crippen LogP contribution in [0, 0.1) is 13.8 Å². The second-order valence-electron chi connectivity index (χ2n) is 3.02. The molecule has 0 unspecified atom stereocenters. The van der Waals surface area contributed by atoms with Gasteiger partial charge in [-0.25, -0.2) is 0 Å². The first-order valence-electron chi connectivity index (χ1n) is 4.08. The monoisotopic (exact) mass is 211 g/mol. The van der Waals surface area contributed by atoms with Gasteiger partial charge in [-0.2, -0.15) is 0 Å². The summed E-state index contributed by atoms with van der Waals surface area (Å²) in [4.78, 5) is 1.83. The molecule has 13 heavy (non-hydrogen) atoms. The Kier molecular flexibility index (Phi) is 3.75. The molecule has 0 aromatic heterocycles. The summed E-state index contributed by atoms with van der Waals surface area (Å²) in [6.07, 6.45) is 0. The lowest BCUT2D eigenvalue weighted by Crippen LogP contribution is -2.10. The Balaban J connectivity index is 2.75. The van der Waals surface area contributed by atoms with E-state index in [1.807, 2.05) is 0 Å². The molecule has 1 aromatic carbocycles. The van der Waals surface area contributed by atoms with Crippen molar-refractivity contribution in [1.29, 1.82) is 0 Å². The molecule has 70 valence electrons. The van der Waals surface area contributed by atoms with Crippen LogP contribution in [-0.4, -0.2) is 10.7 Å². The molecule has 1 rings (SSSR count). The van der Waals surface area contributed by atoms with E-state index in [1.54, 1.807) is 11.8 Å². The van der Waals surface area contributed by atoms with Crippen molar-refractivity contribution in [2.24, 2.45) is 5.73 Å².